The highest BCUT2D eigenvalue weighted by Crippen LogP contribution is 2.41. The lowest BCUT2D eigenvalue weighted by atomic mass is 9.72. The number of carbonyl (C=O) groups excluding carboxylic acids is 3. The predicted molar refractivity (Wildman–Crippen MR) is 105 cm³/mol. The molecule has 9 heteroatoms. The zero-order valence-electron chi connectivity index (χ0n) is 16.1. The van der Waals surface area contributed by atoms with Gasteiger partial charge in [0.15, 0.2) is 0 Å². The van der Waals surface area contributed by atoms with Gasteiger partial charge in [-0.05, 0) is 38.0 Å². The van der Waals surface area contributed by atoms with E-state index < -0.39 is 0 Å². The molecule has 0 spiro atoms. The van der Waals surface area contributed by atoms with Gasteiger partial charge >= 0.3 is 0 Å². The molecule has 1 aromatic rings. The fourth-order valence-corrected chi connectivity index (χ4v) is 5.83. The van der Waals surface area contributed by atoms with Crippen LogP contribution in [0, 0.1) is 18.8 Å². The number of piperidine rings is 3. The summed E-state index contributed by atoms with van der Waals surface area (Å²) >= 11 is 1.45. The second kappa shape index (κ2) is 7.79. The standard InChI is InChI=1S/C19H27N5O3S/c1-11-22-14(10-28-11)19(27)21-6-16-13-5-12(7-23(8-13)9-17(20)25)15-3-2-4-18(26)24(15)16/h10,12-13,15-16H,2-9H2,1H3,(H2,20,25)(H,21,27)/t12-,13-,15-,16-/m0/s1. The second-order valence-corrected chi connectivity index (χ2v) is 9.27. The summed E-state index contributed by atoms with van der Waals surface area (Å²) in [5.41, 5.74) is 5.85. The molecule has 3 saturated heterocycles. The molecule has 0 unspecified atom stereocenters. The number of nitrogens with two attached hydrogens (primary N) is 1. The van der Waals surface area contributed by atoms with Crippen LogP contribution in [0.25, 0.3) is 0 Å². The number of amides is 3. The number of aromatic nitrogens is 1. The van der Waals surface area contributed by atoms with Crippen LogP contribution in [0.1, 0.15) is 41.2 Å². The quantitative estimate of drug-likeness (QED) is 0.736. The van der Waals surface area contributed by atoms with Gasteiger partial charge in [0.2, 0.25) is 11.8 Å². The normalized spacial score (nSPS) is 30.0. The topological polar surface area (TPSA) is 109 Å². The maximum absolute atomic E-state index is 12.8. The second-order valence-electron chi connectivity index (χ2n) is 8.21. The van der Waals surface area contributed by atoms with Crippen LogP contribution in [-0.4, -0.2) is 70.8 Å². The molecule has 3 N–H and O–H groups in total. The lowest BCUT2D eigenvalue weighted by Crippen LogP contribution is -2.67. The van der Waals surface area contributed by atoms with Crippen molar-refractivity contribution >= 4 is 29.1 Å². The molecule has 1 aromatic heterocycles. The van der Waals surface area contributed by atoms with Gasteiger partial charge in [0.05, 0.1) is 17.6 Å². The molecule has 4 rings (SSSR count). The van der Waals surface area contributed by atoms with Crippen molar-refractivity contribution < 1.29 is 14.4 Å². The Hall–Kier alpha value is -2.00. The van der Waals surface area contributed by atoms with Gasteiger partial charge in [0, 0.05) is 37.5 Å². The molecular formula is C19H27N5O3S. The molecule has 28 heavy (non-hydrogen) atoms. The molecule has 3 aliphatic rings. The number of fused-ring (bicyclic) bond motifs is 4. The van der Waals surface area contributed by atoms with Gasteiger partial charge in [-0.1, -0.05) is 0 Å². The van der Waals surface area contributed by atoms with Gasteiger partial charge in [-0.25, -0.2) is 4.98 Å². The molecule has 3 amide bonds. The monoisotopic (exact) mass is 405 g/mol. The molecule has 4 atom stereocenters. The number of primary amides is 1. The lowest BCUT2D eigenvalue weighted by molar-refractivity contribution is -0.153. The third-order valence-corrected chi connectivity index (χ3v) is 7.05. The Kier molecular flexibility index (Phi) is 5.37. The molecule has 3 fully saturated rings. The number of hydrogen-bond donors (Lipinski definition) is 2. The Morgan fingerprint density at radius 2 is 2.14 bits per heavy atom. The summed E-state index contributed by atoms with van der Waals surface area (Å²) in [6.45, 7) is 4.08. The minimum absolute atomic E-state index is 0.0478. The molecule has 0 saturated carbocycles. The van der Waals surface area contributed by atoms with Crippen molar-refractivity contribution in [3.63, 3.8) is 0 Å². The average Bonchev–Trinajstić information content (AvgIpc) is 3.08. The lowest BCUT2D eigenvalue weighted by Gasteiger charge is -2.56. The number of carbonyl (C=O) groups is 3. The van der Waals surface area contributed by atoms with E-state index in [1.807, 2.05) is 6.92 Å². The van der Waals surface area contributed by atoms with Crippen LogP contribution in [0.3, 0.4) is 0 Å². The highest BCUT2D eigenvalue weighted by Gasteiger charge is 2.49. The van der Waals surface area contributed by atoms with E-state index >= 15 is 0 Å². The fraction of sp³-hybridized carbons (Fsp3) is 0.684. The first-order valence-corrected chi connectivity index (χ1v) is 10.8. The summed E-state index contributed by atoms with van der Waals surface area (Å²) in [6.07, 6.45) is 3.51. The van der Waals surface area contributed by atoms with Crippen molar-refractivity contribution in [1.82, 2.24) is 20.1 Å². The minimum atomic E-state index is -0.319. The highest BCUT2D eigenvalue weighted by atomic mass is 32.1. The first-order valence-electron chi connectivity index (χ1n) is 9.94. The zero-order chi connectivity index (χ0) is 19.8. The van der Waals surface area contributed by atoms with Crippen LogP contribution >= 0.6 is 11.3 Å². The molecule has 0 aliphatic carbocycles. The van der Waals surface area contributed by atoms with Gasteiger partial charge in [0.1, 0.15) is 5.69 Å². The SMILES string of the molecule is Cc1nc(C(=O)NC[C@H]2[C@H]3C[C@@H](CN(CC(N)=O)C3)[C@@H]3CCCC(=O)N32)cs1. The van der Waals surface area contributed by atoms with Crippen LogP contribution in [-0.2, 0) is 9.59 Å². The van der Waals surface area contributed by atoms with Crippen molar-refractivity contribution in [2.24, 2.45) is 17.6 Å². The van der Waals surface area contributed by atoms with Crippen LogP contribution in [0.2, 0.25) is 0 Å². The number of nitrogens with one attached hydrogen (secondary N) is 1. The maximum Gasteiger partial charge on any atom is 0.270 e. The van der Waals surface area contributed by atoms with Crippen molar-refractivity contribution in [3.05, 3.63) is 16.1 Å². The molecule has 0 aromatic carbocycles. The van der Waals surface area contributed by atoms with Gasteiger partial charge in [0.25, 0.3) is 5.91 Å². The number of thiazole rings is 1. The smallest absolute Gasteiger partial charge is 0.270 e. The summed E-state index contributed by atoms with van der Waals surface area (Å²) in [5.74, 6) is 0.278. The number of nitrogens with zero attached hydrogens (tertiary/aromatic N) is 3. The van der Waals surface area contributed by atoms with Crippen LogP contribution in [0.4, 0.5) is 0 Å². The van der Waals surface area contributed by atoms with Gasteiger partial charge in [-0.3, -0.25) is 19.3 Å². The van der Waals surface area contributed by atoms with E-state index in [1.54, 1.807) is 5.38 Å². The highest BCUT2D eigenvalue weighted by molar-refractivity contribution is 7.09. The van der Waals surface area contributed by atoms with Gasteiger partial charge < -0.3 is 16.0 Å². The van der Waals surface area contributed by atoms with Gasteiger partial charge in [-0.15, -0.1) is 11.3 Å². The van der Waals surface area contributed by atoms with E-state index in [4.69, 9.17) is 5.73 Å². The van der Waals surface area contributed by atoms with E-state index in [9.17, 15) is 14.4 Å². The third kappa shape index (κ3) is 3.77. The number of likely N-dealkylation sites (tertiary alicyclic amines) is 1. The van der Waals surface area contributed by atoms with E-state index in [0.717, 1.165) is 37.4 Å². The largest absolute Gasteiger partial charge is 0.369 e. The fourth-order valence-electron chi connectivity index (χ4n) is 5.24. The van der Waals surface area contributed by atoms with Crippen LogP contribution in [0.5, 0.6) is 0 Å². The predicted octanol–water partition coefficient (Wildman–Crippen LogP) is 0.368. The first-order chi connectivity index (χ1) is 13.4. The molecule has 3 aliphatic heterocycles. The molecular weight excluding hydrogens is 378 g/mol. The molecule has 0 radical (unpaired) electrons. The average molecular weight is 406 g/mol. The summed E-state index contributed by atoms with van der Waals surface area (Å²) in [7, 11) is 0. The summed E-state index contributed by atoms with van der Waals surface area (Å²) < 4.78 is 0. The zero-order valence-corrected chi connectivity index (χ0v) is 16.9. The minimum Gasteiger partial charge on any atom is -0.369 e. The molecule has 4 heterocycles. The van der Waals surface area contributed by atoms with E-state index in [0.29, 0.717) is 24.6 Å². The molecule has 8 nitrogen and oxygen atoms in total. The van der Waals surface area contributed by atoms with Crippen LogP contribution < -0.4 is 11.1 Å². The Morgan fingerprint density at radius 3 is 2.86 bits per heavy atom. The first kappa shape index (κ1) is 19.3. The Balaban J connectivity index is 1.51. The van der Waals surface area contributed by atoms with Crippen molar-refractivity contribution in [2.45, 2.75) is 44.7 Å². The van der Waals surface area contributed by atoms with Crippen molar-refractivity contribution in [3.8, 4) is 0 Å². The Labute approximate surface area is 168 Å². The maximum atomic E-state index is 12.8. The van der Waals surface area contributed by atoms with E-state index in [2.05, 4.69) is 20.1 Å². The van der Waals surface area contributed by atoms with Crippen molar-refractivity contribution in [1.29, 1.82) is 0 Å². The Morgan fingerprint density at radius 1 is 1.36 bits per heavy atom. The third-order valence-electron chi connectivity index (χ3n) is 6.28. The van der Waals surface area contributed by atoms with E-state index in [-0.39, 0.29) is 42.3 Å². The Bertz CT molecular complexity index is 781. The van der Waals surface area contributed by atoms with E-state index in [1.165, 1.54) is 11.3 Å². The number of rotatable bonds is 5. The molecule has 152 valence electrons. The van der Waals surface area contributed by atoms with Crippen molar-refractivity contribution in [2.75, 3.05) is 26.2 Å². The number of hydrogen-bond acceptors (Lipinski definition) is 6. The number of aryl methyl sites for hydroxylation is 1. The summed E-state index contributed by atoms with van der Waals surface area (Å²) in [5, 5.41) is 5.60. The molecule has 2 bridgehead atoms. The van der Waals surface area contributed by atoms with Crippen LogP contribution in [0.15, 0.2) is 5.38 Å². The van der Waals surface area contributed by atoms with Gasteiger partial charge in [-0.2, -0.15) is 0 Å². The summed E-state index contributed by atoms with van der Waals surface area (Å²) in [6, 6.07) is 0.144. The summed E-state index contributed by atoms with van der Waals surface area (Å²) in [4.78, 5) is 45.1.